The van der Waals surface area contributed by atoms with E-state index in [9.17, 15) is 4.79 Å². The molecule has 0 radical (unpaired) electrons. The van der Waals surface area contributed by atoms with Crippen LogP contribution in [0.3, 0.4) is 0 Å². The van der Waals surface area contributed by atoms with E-state index in [1.54, 1.807) is 6.92 Å². The molecule has 0 amide bonds. The van der Waals surface area contributed by atoms with Crippen LogP contribution in [-0.2, 0) is 16.6 Å². The summed E-state index contributed by atoms with van der Waals surface area (Å²) < 4.78 is 0. The number of hydrogen-bond donors (Lipinski definition) is 0. The highest BCUT2D eigenvalue weighted by molar-refractivity contribution is 8.24. The molecule has 1 nitrogen and oxygen atoms in total. The van der Waals surface area contributed by atoms with Crippen LogP contribution in [-0.4, -0.2) is 12.4 Å². The van der Waals surface area contributed by atoms with E-state index < -0.39 is 6.04 Å². The summed E-state index contributed by atoms with van der Waals surface area (Å²) in [5.74, 6) is 0.0841. The van der Waals surface area contributed by atoms with Crippen molar-refractivity contribution in [3.63, 3.8) is 0 Å². The van der Waals surface area contributed by atoms with Crippen molar-refractivity contribution in [1.82, 2.24) is 0 Å². The molecule has 0 aliphatic carbocycles. The molecule has 0 bridgehead atoms. The molecular weight excluding hydrogens is 307 g/mol. The Morgan fingerprint density at radius 3 is 1.91 bits per heavy atom. The first-order valence-electron chi connectivity index (χ1n) is 7.18. The minimum absolute atomic E-state index is 0.0841. The first kappa shape index (κ1) is 15.1. The molecule has 2 aromatic rings. The molecule has 3 heteroatoms. The summed E-state index contributed by atoms with van der Waals surface area (Å²) in [5.41, 5.74) is 2.97. The molecule has 0 fully saturated rings. The van der Waals surface area contributed by atoms with E-state index in [2.05, 4.69) is 18.8 Å². The molecule has 1 aliphatic heterocycles. The Morgan fingerprint density at radius 1 is 0.909 bits per heavy atom. The van der Waals surface area contributed by atoms with E-state index in [0.717, 1.165) is 27.3 Å². The number of carbonyl (C=O) groups excluding carboxylic acids is 1. The zero-order chi connectivity index (χ0) is 15.7. The van der Waals surface area contributed by atoms with Gasteiger partial charge >= 0.3 is 0 Å². The SMILES string of the molecule is CC(=O)C1=C(c2ccccc2)P(C)(=S)C(c2ccccc2)=C1. The lowest BCUT2D eigenvalue weighted by Crippen LogP contribution is -1.95. The fourth-order valence-electron chi connectivity index (χ4n) is 2.88. The van der Waals surface area contributed by atoms with E-state index in [1.165, 1.54) is 0 Å². The van der Waals surface area contributed by atoms with Gasteiger partial charge in [0.05, 0.1) is 0 Å². The number of carbonyl (C=O) groups is 1. The van der Waals surface area contributed by atoms with Crippen molar-refractivity contribution < 1.29 is 4.79 Å². The zero-order valence-corrected chi connectivity index (χ0v) is 14.3. The summed E-state index contributed by atoms with van der Waals surface area (Å²) in [6, 6.07) is 18.3. The third-order valence-corrected chi connectivity index (χ3v) is 7.72. The van der Waals surface area contributed by atoms with Gasteiger partial charge < -0.3 is 0 Å². The van der Waals surface area contributed by atoms with Crippen LogP contribution in [0.5, 0.6) is 0 Å². The van der Waals surface area contributed by atoms with Crippen molar-refractivity contribution in [2.45, 2.75) is 6.92 Å². The second-order valence-corrected chi connectivity index (χ2v) is 10.5. The van der Waals surface area contributed by atoms with Crippen molar-refractivity contribution in [3.05, 3.63) is 83.4 Å². The maximum atomic E-state index is 12.2. The summed E-state index contributed by atoms with van der Waals surface area (Å²) in [6.07, 6.45) is 2.01. The van der Waals surface area contributed by atoms with Crippen LogP contribution >= 0.6 is 6.04 Å². The largest absolute Gasteiger partial charge is 0.294 e. The topological polar surface area (TPSA) is 17.1 Å². The number of hydrogen-bond acceptors (Lipinski definition) is 2. The molecule has 3 rings (SSSR count). The molecule has 0 spiro atoms. The van der Waals surface area contributed by atoms with Crippen LogP contribution in [0.4, 0.5) is 0 Å². The first-order valence-corrected chi connectivity index (χ1v) is 10.4. The van der Waals surface area contributed by atoms with Crippen LogP contribution in [0, 0.1) is 0 Å². The van der Waals surface area contributed by atoms with Gasteiger partial charge in [-0.15, -0.1) is 0 Å². The van der Waals surface area contributed by atoms with Gasteiger partial charge in [0.2, 0.25) is 0 Å². The summed E-state index contributed by atoms with van der Waals surface area (Å²) >= 11 is 6.04. The molecule has 2 aromatic carbocycles. The number of Topliss-reactive ketones (excluding diaryl/α,β-unsaturated/α-hetero) is 1. The van der Waals surface area contributed by atoms with Gasteiger partial charge in [-0.2, -0.15) is 0 Å². The van der Waals surface area contributed by atoms with Gasteiger partial charge in [0.25, 0.3) is 0 Å². The molecule has 1 heterocycles. The molecule has 0 N–H and O–H groups in total. The molecule has 110 valence electrons. The molecule has 0 saturated heterocycles. The van der Waals surface area contributed by atoms with Crippen LogP contribution in [0.25, 0.3) is 10.6 Å². The van der Waals surface area contributed by atoms with Gasteiger partial charge in [0.1, 0.15) is 0 Å². The summed E-state index contributed by atoms with van der Waals surface area (Å²) in [4.78, 5) is 12.2. The number of allylic oxidation sites excluding steroid dienone is 2. The standard InChI is InChI=1S/C19H17OPS/c1-14(20)17-13-18(15-9-5-3-6-10-15)21(2,22)19(17)16-11-7-4-8-12-16/h3-13H,1-2H3. The minimum Gasteiger partial charge on any atom is -0.294 e. The summed E-state index contributed by atoms with van der Waals surface area (Å²) in [7, 11) is 0. The Labute approximate surface area is 136 Å². The van der Waals surface area contributed by atoms with Crippen LogP contribution in [0.1, 0.15) is 18.1 Å². The van der Waals surface area contributed by atoms with Gasteiger partial charge in [0.15, 0.2) is 5.78 Å². The maximum Gasteiger partial charge on any atom is 0.160 e. The highest BCUT2D eigenvalue weighted by Crippen LogP contribution is 2.70. The Balaban J connectivity index is 2.21. The van der Waals surface area contributed by atoms with E-state index in [-0.39, 0.29) is 5.78 Å². The van der Waals surface area contributed by atoms with Gasteiger partial charge in [-0.05, 0) is 36.1 Å². The average molecular weight is 324 g/mol. The Hall–Kier alpha value is -1.76. The van der Waals surface area contributed by atoms with Crippen molar-refractivity contribution in [2.24, 2.45) is 0 Å². The highest BCUT2D eigenvalue weighted by Gasteiger charge is 2.33. The molecular formula is C19H17OPS. The minimum atomic E-state index is -1.96. The molecule has 1 atom stereocenters. The lowest BCUT2D eigenvalue weighted by Gasteiger charge is -2.20. The monoisotopic (exact) mass is 324 g/mol. The van der Waals surface area contributed by atoms with Crippen molar-refractivity contribution >= 4 is 34.3 Å². The third-order valence-electron chi connectivity index (χ3n) is 3.92. The zero-order valence-electron chi connectivity index (χ0n) is 12.6. The molecule has 0 aromatic heterocycles. The van der Waals surface area contributed by atoms with Gasteiger partial charge in [0, 0.05) is 16.9 Å². The number of benzene rings is 2. The molecule has 22 heavy (non-hydrogen) atoms. The van der Waals surface area contributed by atoms with E-state index in [4.69, 9.17) is 11.8 Å². The predicted molar refractivity (Wildman–Crippen MR) is 98.7 cm³/mol. The molecule has 0 saturated carbocycles. The lowest BCUT2D eigenvalue weighted by atomic mass is 10.1. The van der Waals surface area contributed by atoms with Gasteiger partial charge in [-0.1, -0.05) is 72.5 Å². The van der Waals surface area contributed by atoms with Crippen molar-refractivity contribution in [1.29, 1.82) is 0 Å². The number of ketones is 1. The quantitative estimate of drug-likeness (QED) is 0.726. The second-order valence-electron chi connectivity index (χ2n) is 5.50. The average Bonchev–Trinajstić information content (AvgIpc) is 2.80. The molecule has 1 aliphatic rings. The summed E-state index contributed by atoms with van der Waals surface area (Å²) in [5, 5.41) is 2.18. The van der Waals surface area contributed by atoms with Gasteiger partial charge in [-0.3, -0.25) is 4.79 Å². The Kier molecular flexibility index (Phi) is 3.99. The Bertz CT molecular complexity index is 832. The Morgan fingerprint density at radius 2 is 1.41 bits per heavy atom. The van der Waals surface area contributed by atoms with Gasteiger partial charge in [-0.25, -0.2) is 0 Å². The van der Waals surface area contributed by atoms with E-state index >= 15 is 0 Å². The molecule has 1 unspecified atom stereocenters. The normalized spacial score (nSPS) is 20.9. The van der Waals surface area contributed by atoms with E-state index in [1.807, 2.05) is 54.6 Å². The predicted octanol–water partition coefficient (Wildman–Crippen LogP) is 5.15. The lowest BCUT2D eigenvalue weighted by molar-refractivity contribution is -0.113. The third kappa shape index (κ3) is 2.54. The van der Waals surface area contributed by atoms with E-state index in [0.29, 0.717) is 0 Å². The number of rotatable bonds is 3. The smallest absolute Gasteiger partial charge is 0.160 e. The van der Waals surface area contributed by atoms with Crippen LogP contribution in [0.2, 0.25) is 0 Å². The highest BCUT2D eigenvalue weighted by atomic mass is 32.4. The maximum absolute atomic E-state index is 12.2. The van der Waals surface area contributed by atoms with Crippen molar-refractivity contribution in [2.75, 3.05) is 6.66 Å². The fourth-order valence-corrected chi connectivity index (χ4v) is 6.55. The van der Waals surface area contributed by atoms with Crippen LogP contribution < -0.4 is 0 Å². The summed E-state index contributed by atoms with van der Waals surface area (Å²) in [6.45, 7) is 3.75. The van der Waals surface area contributed by atoms with Crippen molar-refractivity contribution in [3.8, 4) is 0 Å². The first-order chi connectivity index (χ1) is 10.5. The fraction of sp³-hybridized carbons (Fsp3) is 0.105. The van der Waals surface area contributed by atoms with Crippen LogP contribution in [0.15, 0.2) is 72.3 Å². The second kappa shape index (κ2) is 5.79.